The van der Waals surface area contributed by atoms with Crippen molar-refractivity contribution in [3.05, 3.63) is 23.8 Å². The zero-order valence-electron chi connectivity index (χ0n) is 11.5. The van der Waals surface area contributed by atoms with Crippen LogP contribution >= 0.6 is 0 Å². The molecular weight excluding hydrogens is 266 g/mol. The summed E-state index contributed by atoms with van der Waals surface area (Å²) in [6.07, 6.45) is 0. The van der Waals surface area contributed by atoms with E-state index in [4.69, 9.17) is 5.73 Å². The lowest BCUT2D eigenvalue weighted by Crippen LogP contribution is -2.42. The van der Waals surface area contributed by atoms with Crippen LogP contribution in [0.3, 0.4) is 0 Å². The predicted molar refractivity (Wildman–Crippen MR) is 72.0 cm³/mol. The zero-order chi connectivity index (χ0) is 15.1. The van der Waals surface area contributed by atoms with Crippen LogP contribution in [0.1, 0.15) is 20.8 Å². The van der Waals surface area contributed by atoms with Gasteiger partial charge in [-0.05, 0) is 20.8 Å². The second kappa shape index (κ2) is 4.73. The SMILES string of the molecule is CC(C)(C)NC(=O)Cn1c(N)nc2c(F)cc(F)cc21. The molecule has 3 N–H and O–H groups in total. The van der Waals surface area contributed by atoms with Crippen molar-refractivity contribution in [3.8, 4) is 0 Å². The van der Waals surface area contributed by atoms with Gasteiger partial charge >= 0.3 is 0 Å². The number of benzene rings is 1. The van der Waals surface area contributed by atoms with Gasteiger partial charge in [-0.3, -0.25) is 4.79 Å². The summed E-state index contributed by atoms with van der Waals surface area (Å²) in [5.41, 5.74) is 5.37. The van der Waals surface area contributed by atoms with Crippen molar-refractivity contribution in [1.29, 1.82) is 0 Å². The van der Waals surface area contributed by atoms with E-state index >= 15 is 0 Å². The number of imidazole rings is 1. The van der Waals surface area contributed by atoms with Gasteiger partial charge in [-0.25, -0.2) is 13.8 Å². The first-order valence-corrected chi connectivity index (χ1v) is 6.09. The van der Waals surface area contributed by atoms with Crippen LogP contribution in [0.25, 0.3) is 11.0 Å². The Balaban J connectivity index is 2.40. The van der Waals surface area contributed by atoms with Crippen molar-refractivity contribution in [2.24, 2.45) is 0 Å². The third-order valence-corrected chi connectivity index (χ3v) is 2.62. The van der Waals surface area contributed by atoms with E-state index in [1.54, 1.807) is 0 Å². The van der Waals surface area contributed by atoms with Crippen molar-refractivity contribution >= 4 is 22.9 Å². The van der Waals surface area contributed by atoms with Gasteiger partial charge in [0.25, 0.3) is 0 Å². The van der Waals surface area contributed by atoms with Crippen molar-refractivity contribution in [3.63, 3.8) is 0 Å². The Morgan fingerprint density at radius 1 is 1.40 bits per heavy atom. The fourth-order valence-electron chi connectivity index (χ4n) is 1.93. The van der Waals surface area contributed by atoms with E-state index in [1.165, 1.54) is 4.57 Å². The number of hydrogen-bond donors (Lipinski definition) is 2. The number of aromatic nitrogens is 2. The molecule has 0 aliphatic heterocycles. The molecule has 108 valence electrons. The maximum absolute atomic E-state index is 13.6. The fraction of sp³-hybridized carbons (Fsp3) is 0.385. The number of fused-ring (bicyclic) bond motifs is 1. The predicted octanol–water partition coefficient (Wildman–Crippen LogP) is 1.81. The molecule has 5 nitrogen and oxygen atoms in total. The van der Waals surface area contributed by atoms with Crippen LogP contribution in [0.15, 0.2) is 12.1 Å². The van der Waals surface area contributed by atoms with E-state index in [0.29, 0.717) is 0 Å². The van der Waals surface area contributed by atoms with Crippen molar-refractivity contribution < 1.29 is 13.6 Å². The standard InChI is InChI=1S/C13H16F2N4O/c1-13(2,3)18-10(20)6-19-9-5-7(14)4-8(15)11(9)17-12(19)16/h4-5H,6H2,1-3H3,(H2,16,17)(H,18,20). The van der Waals surface area contributed by atoms with Gasteiger partial charge in [0, 0.05) is 17.7 Å². The number of nitrogen functional groups attached to an aromatic ring is 1. The van der Waals surface area contributed by atoms with Crippen LogP contribution < -0.4 is 11.1 Å². The number of hydrogen-bond acceptors (Lipinski definition) is 3. The Morgan fingerprint density at radius 2 is 2.05 bits per heavy atom. The molecule has 0 saturated carbocycles. The van der Waals surface area contributed by atoms with Crippen molar-refractivity contribution in [2.45, 2.75) is 32.9 Å². The first kappa shape index (κ1) is 14.2. The molecule has 0 aliphatic carbocycles. The van der Waals surface area contributed by atoms with E-state index in [-0.39, 0.29) is 29.4 Å². The summed E-state index contributed by atoms with van der Waals surface area (Å²) in [6, 6.07) is 1.83. The highest BCUT2D eigenvalue weighted by molar-refractivity contribution is 5.83. The summed E-state index contributed by atoms with van der Waals surface area (Å²) in [4.78, 5) is 15.7. The Kier molecular flexibility index (Phi) is 3.37. The topological polar surface area (TPSA) is 72.9 Å². The van der Waals surface area contributed by atoms with Gasteiger partial charge in [-0.1, -0.05) is 0 Å². The summed E-state index contributed by atoms with van der Waals surface area (Å²) >= 11 is 0. The summed E-state index contributed by atoms with van der Waals surface area (Å²) < 4.78 is 28.1. The van der Waals surface area contributed by atoms with E-state index in [1.807, 2.05) is 20.8 Å². The van der Waals surface area contributed by atoms with Gasteiger partial charge in [0.15, 0.2) is 5.82 Å². The minimum absolute atomic E-state index is 0.0337. The number of nitrogens with zero attached hydrogens (tertiary/aromatic N) is 2. The van der Waals surface area contributed by atoms with Crippen LogP contribution in [-0.2, 0) is 11.3 Å². The molecule has 20 heavy (non-hydrogen) atoms. The largest absolute Gasteiger partial charge is 0.369 e. The van der Waals surface area contributed by atoms with Crippen LogP contribution in [0.5, 0.6) is 0 Å². The Morgan fingerprint density at radius 3 is 2.65 bits per heavy atom. The minimum Gasteiger partial charge on any atom is -0.369 e. The number of carbonyl (C=O) groups excluding carboxylic acids is 1. The van der Waals surface area contributed by atoms with Gasteiger partial charge in [-0.15, -0.1) is 0 Å². The van der Waals surface area contributed by atoms with Gasteiger partial charge in [0.2, 0.25) is 11.9 Å². The number of nitrogens with one attached hydrogen (secondary N) is 1. The number of rotatable bonds is 2. The first-order valence-electron chi connectivity index (χ1n) is 6.09. The molecule has 1 aromatic carbocycles. The molecule has 1 heterocycles. The van der Waals surface area contributed by atoms with E-state index < -0.39 is 17.2 Å². The maximum Gasteiger partial charge on any atom is 0.240 e. The normalized spacial score (nSPS) is 11.8. The highest BCUT2D eigenvalue weighted by Crippen LogP contribution is 2.22. The zero-order valence-corrected chi connectivity index (χ0v) is 11.5. The third kappa shape index (κ3) is 2.87. The number of nitrogens with two attached hydrogens (primary N) is 1. The Hall–Kier alpha value is -2.18. The third-order valence-electron chi connectivity index (χ3n) is 2.62. The van der Waals surface area contributed by atoms with Crippen LogP contribution in [0.4, 0.5) is 14.7 Å². The summed E-state index contributed by atoms with van der Waals surface area (Å²) in [7, 11) is 0. The van der Waals surface area contributed by atoms with Gasteiger partial charge in [-0.2, -0.15) is 0 Å². The van der Waals surface area contributed by atoms with Crippen molar-refractivity contribution in [2.75, 3.05) is 5.73 Å². The molecule has 2 aromatic rings. The molecule has 0 unspecified atom stereocenters. The molecule has 2 rings (SSSR count). The molecule has 0 atom stereocenters. The number of halogens is 2. The van der Waals surface area contributed by atoms with Gasteiger partial charge in [0.1, 0.15) is 17.9 Å². The summed E-state index contributed by atoms with van der Waals surface area (Å²) in [5, 5.41) is 2.75. The van der Waals surface area contributed by atoms with Crippen LogP contribution in [0, 0.1) is 11.6 Å². The smallest absolute Gasteiger partial charge is 0.240 e. The first-order chi connectivity index (χ1) is 9.17. The average molecular weight is 282 g/mol. The number of carbonyl (C=O) groups is 1. The lowest BCUT2D eigenvalue weighted by molar-refractivity contribution is -0.122. The van der Waals surface area contributed by atoms with Crippen LogP contribution in [0.2, 0.25) is 0 Å². The second-order valence-corrected chi connectivity index (χ2v) is 5.61. The molecule has 7 heteroatoms. The van der Waals surface area contributed by atoms with E-state index in [0.717, 1.165) is 12.1 Å². The summed E-state index contributed by atoms with van der Waals surface area (Å²) in [5.74, 6) is -1.89. The quantitative estimate of drug-likeness (QED) is 0.882. The fourth-order valence-corrected chi connectivity index (χ4v) is 1.93. The molecule has 0 aliphatic rings. The lowest BCUT2D eigenvalue weighted by Gasteiger charge is -2.20. The highest BCUT2D eigenvalue weighted by Gasteiger charge is 2.18. The second-order valence-electron chi connectivity index (χ2n) is 5.61. The van der Waals surface area contributed by atoms with E-state index in [2.05, 4.69) is 10.3 Å². The number of anilines is 1. The number of amides is 1. The molecule has 0 radical (unpaired) electrons. The van der Waals surface area contributed by atoms with Crippen molar-refractivity contribution in [1.82, 2.24) is 14.9 Å². The summed E-state index contributed by atoms with van der Waals surface area (Å²) in [6.45, 7) is 5.35. The molecule has 0 saturated heterocycles. The molecule has 1 aromatic heterocycles. The molecule has 0 bridgehead atoms. The highest BCUT2D eigenvalue weighted by atomic mass is 19.1. The molecular formula is C13H16F2N4O. The Bertz CT molecular complexity index is 673. The monoisotopic (exact) mass is 282 g/mol. The Labute approximate surface area is 114 Å². The van der Waals surface area contributed by atoms with Gasteiger partial charge in [0.05, 0.1) is 5.52 Å². The minimum atomic E-state index is -0.804. The average Bonchev–Trinajstić information content (AvgIpc) is 2.54. The van der Waals surface area contributed by atoms with E-state index in [9.17, 15) is 13.6 Å². The molecule has 0 fully saturated rings. The van der Waals surface area contributed by atoms with Gasteiger partial charge < -0.3 is 15.6 Å². The maximum atomic E-state index is 13.6. The van der Waals surface area contributed by atoms with Crippen LogP contribution in [-0.4, -0.2) is 21.0 Å². The molecule has 1 amide bonds. The lowest BCUT2D eigenvalue weighted by atomic mass is 10.1. The molecule has 0 spiro atoms.